The minimum Gasteiger partial charge on any atom is -0.394 e. The van der Waals surface area contributed by atoms with E-state index in [1.54, 1.807) is 31.5 Å². The maximum absolute atomic E-state index is 12.0. The molecule has 0 aliphatic heterocycles. The van der Waals surface area contributed by atoms with Crippen molar-refractivity contribution in [3.63, 3.8) is 0 Å². The average molecular weight is 282 g/mol. The molecule has 0 fully saturated rings. The number of pyridine rings is 1. The van der Waals surface area contributed by atoms with Crippen LogP contribution in [0.15, 0.2) is 60.9 Å². The summed E-state index contributed by atoms with van der Waals surface area (Å²) < 4.78 is 0. The van der Waals surface area contributed by atoms with Crippen molar-refractivity contribution >= 4 is 12.0 Å². The van der Waals surface area contributed by atoms with Crippen molar-refractivity contribution < 1.29 is 9.90 Å². The summed E-state index contributed by atoms with van der Waals surface area (Å²) in [6, 6.07) is 13.1. The fraction of sp³-hybridized carbons (Fsp3) is 0.176. The van der Waals surface area contributed by atoms with Gasteiger partial charge in [-0.25, -0.2) is 0 Å². The number of aromatic nitrogens is 1. The smallest absolute Gasteiger partial charge is 0.244 e. The van der Waals surface area contributed by atoms with E-state index in [1.807, 2.05) is 36.4 Å². The van der Waals surface area contributed by atoms with Gasteiger partial charge in [-0.3, -0.25) is 9.78 Å². The van der Waals surface area contributed by atoms with Gasteiger partial charge in [0.05, 0.1) is 12.1 Å². The lowest BCUT2D eigenvalue weighted by Gasteiger charge is -2.28. The van der Waals surface area contributed by atoms with Crippen LogP contribution in [0.2, 0.25) is 0 Å². The second-order valence-corrected chi connectivity index (χ2v) is 4.97. The molecular formula is C17H18N2O2. The number of amides is 1. The van der Waals surface area contributed by atoms with Crippen LogP contribution in [0.1, 0.15) is 18.1 Å². The standard InChI is InChI=1S/C17H18N2O2/c1-17(13-20,15-7-3-2-4-8-15)19-16(21)10-9-14-6-5-11-18-12-14/h2-12,20H,13H2,1H3,(H,19,21)/b10-9+. The number of aliphatic hydroxyl groups excluding tert-OH is 1. The van der Waals surface area contributed by atoms with Gasteiger partial charge >= 0.3 is 0 Å². The molecule has 0 aliphatic carbocycles. The number of rotatable bonds is 5. The first kappa shape index (κ1) is 14.9. The van der Waals surface area contributed by atoms with E-state index in [-0.39, 0.29) is 12.5 Å². The van der Waals surface area contributed by atoms with Crippen molar-refractivity contribution in [2.24, 2.45) is 0 Å². The van der Waals surface area contributed by atoms with Gasteiger partial charge in [-0.2, -0.15) is 0 Å². The van der Waals surface area contributed by atoms with Crippen LogP contribution in [0.4, 0.5) is 0 Å². The molecule has 0 spiro atoms. The molecule has 4 nitrogen and oxygen atoms in total. The minimum absolute atomic E-state index is 0.177. The molecule has 0 bridgehead atoms. The molecule has 2 N–H and O–H groups in total. The summed E-state index contributed by atoms with van der Waals surface area (Å²) in [4.78, 5) is 16.0. The van der Waals surface area contributed by atoms with Crippen molar-refractivity contribution in [1.29, 1.82) is 0 Å². The summed E-state index contributed by atoms with van der Waals surface area (Å²) in [7, 11) is 0. The van der Waals surface area contributed by atoms with Gasteiger partial charge in [0.25, 0.3) is 0 Å². The topological polar surface area (TPSA) is 62.2 Å². The van der Waals surface area contributed by atoms with Gasteiger partial charge in [-0.1, -0.05) is 36.4 Å². The van der Waals surface area contributed by atoms with Crippen LogP contribution >= 0.6 is 0 Å². The summed E-state index contributed by atoms with van der Waals surface area (Å²) in [6.45, 7) is 1.61. The maximum Gasteiger partial charge on any atom is 0.244 e. The highest BCUT2D eigenvalue weighted by molar-refractivity contribution is 5.92. The highest BCUT2D eigenvalue weighted by Crippen LogP contribution is 2.19. The molecule has 108 valence electrons. The average Bonchev–Trinajstić information content (AvgIpc) is 2.54. The van der Waals surface area contributed by atoms with Crippen LogP contribution in [0.5, 0.6) is 0 Å². The number of nitrogens with one attached hydrogen (secondary N) is 1. The Hall–Kier alpha value is -2.46. The van der Waals surface area contributed by atoms with E-state index in [0.717, 1.165) is 11.1 Å². The Labute approximate surface area is 124 Å². The quantitative estimate of drug-likeness (QED) is 0.826. The zero-order chi connectivity index (χ0) is 15.1. The fourth-order valence-electron chi connectivity index (χ4n) is 1.97. The zero-order valence-corrected chi connectivity index (χ0v) is 11.9. The molecule has 1 aromatic heterocycles. The summed E-state index contributed by atoms with van der Waals surface area (Å²) >= 11 is 0. The monoisotopic (exact) mass is 282 g/mol. The van der Waals surface area contributed by atoms with Crippen LogP contribution in [-0.2, 0) is 10.3 Å². The molecule has 1 amide bonds. The highest BCUT2D eigenvalue weighted by atomic mass is 16.3. The van der Waals surface area contributed by atoms with Gasteiger partial charge in [0.15, 0.2) is 0 Å². The number of carbonyl (C=O) groups excluding carboxylic acids is 1. The Balaban J connectivity index is 2.08. The van der Waals surface area contributed by atoms with Crippen molar-refractivity contribution in [3.8, 4) is 0 Å². The molecule has 1 heterocycles. The second kappa shape index (κ2) is 6.81. The number of benzene rings is 1. The summed E-state index contributed by atoms with van der Waals surface area (Å²) in [5.74, 6) is -0.265. The third-order valence-electron chi connectivity index (χ3n) is 3.24. The molecule has 1 unspecified atom stereocenters. The van der Waals surface area contributed by atoms with Crippen LogP contribution in [-0.4, -0.2) is 22.6 Å². The van der Waals surface area contributed by atoms with E-state index in [4.69, 9.17) is 0 Å². The fourth-order valence-corrected chi connectivity index (χ4v) is 1.97. The van der Waals surface area contributed by atoms with Gasteiger partial charge in [0.2, 0.25) is 5.91 Å². The first-order valence-corrected chi connectivity index (χ1v) is 6.71. The number of hydrogen-bond acceptors (Lipinski definition) is 3. The SMILES string of the molecule is CC(CO)(NC(=O)/C=C/c1cccnc1)c1ccccc1. The maximum atomic E-state index is 12.0. The van der Waals surface area contributed by atoms with Gasteiger partial charge in [-0.05, 0) is 30.2 Å². The van der Waals surface area contributed by atoms with E-state index in [9.17, 15) is 9.90 Å². The van der Waals surface area contributed by atoms with E-state index >= 15 is 0 Å². The van der Waals surface area contributed by atoms with E-state index in [1.165, 1.54) is 6.08 Å². The lowest BCUT2D eigenvalue weighted by molar-refractivity contribution is -0.118. The van der Waals surface area contributed by atoms with Crippen LogP contribution in [0.3, 0.4) is 0 Å². The van der Waals surface area contributed by atoms with Crippen LogP contribution < -0.4 is 5.32 Å². The minimum atomic E-state index is -0.808. The molecule has 0 aliphatic rings. The predicted molar refractivity (Wildman–Crippen MR) is 82.3 cm³/mol. The molecule has 1 atom stereocenters. The van der Waals surface area contributed by atoms with E-state index in [0.29, 0.717) is 0 Å². The third kappa shape index (κ3) is 4.00. The second-order valence-electron chi connectivity index (χ2n) is 4.97. The first-order chi connectivity index (χ1) is 10.1. The van der Waals surface area contributed by atoms with E-state index in [2.05, 4.69) is 10.3 Å². The largest absolute Gasteiger partial charge is 0.394 e. The number of nitrogens with zero attached hydrogens (tertiary/aromatic N) is 1. The number of hydrogen-bond donors (Lipinski definition) is 2. The Morgan fingerprint density at radius 2 is 2.05 bits per heavy atom. The summed E-state index contributed by atoms with van der Waals surface area (Å²) in [6.07, 6.45) is 6.47. The number of carbonyl (C=O) groups is 1. The van der Waals surface area contributed by atoms with E-state index < -0.39 is 5.54 Å². The Kier molecular flexibility index (Phi) is 4.85. The summed E-state index contributed by atoms with van der Waals surface area (Å²) in [5, 5.41) is 12.5. The summed E-state index contributed by atoms with van der Waals surface area (Å²) in [5.41, 5.74) is 0.895. The number of aliphatic hydroxyl groups is 1. The van der Waals surface area contributed by atoms with Crippen molar-refractivity contribution in [2.75, 3.05) is 6.61 Å². The molecule has 0 radical (unpaired) electrons. The zero-order valence-electron chi connectivity index (χ0n) is 11.9. The van der Waals surface area contributed by atoms with Gasteiger partial charge in [0.1, 0.15) is 0 Å². The molecule has 0 saturated carbocycles. The first-order valence-electron chi connectivity index (χ1n) is 6.71. The Morgan fingerprint density at radius 1 is 1.29 bits per heavy atom. The Bertz CT molecular complexity index is 611. The third-order valence-corrected chi connectivity index (χ3v) is 3.24. The normalized spacial score (nSPS) is 13.8. The van der Waals surface area contributed by atoms with Gasteiger partial charge in [-0.15, -0.1) is 0 Å². The predicted octanol–water partition coefficient (Wildman–Crippen LogP) is 2.12. The molecule has 2 rings (SSSR count). The molecule has 4 heteroatoms. The highest BCUT2D eigenvalue weighted by Gasteiger charge is 2.26. The van der Waals surface area contributed by atoms with Crippen LogP contribution in [0, 0.1) is 0 Å². The molecule has 1 aromatic carbocycles. The van der Waals surface area contributed by atoms with Gasteiger partial charge in [0, 0.05) is 18.5 Å². The lowest BCUT2D eigenvalue weighted by atomic mass is 9.93. The molecule has 21 heavy (non-hydrogen) atoms. The molecule has 0 saturated heterocycles. The lowest BCUT2D eigenvalue weighted by Crippen LogP contribution is -2.45. The van der Waals surface area contributed by atoms with Crippen molar-refractivity contribution in [2.45, 2.75) is 12.5 Å². The van der Waals surface area contributed by atoms with Crippen LogP contribution in [0.25, 0.3) is 6.08 Å². The molecular weight excluding hydrogens is 264 g/mol. The van der Waals surface area contributed by atoms with Crippen molar-refractivity contribution in [1.82, 2.24) is 10.3 Å². The molecule has 2 aromatic rings. The Morgan fingerprint density at radius 3 is 2.67 bits per heavy atom. The van der Waals surface area contributed by atoms with Crippen molar-refractivity contribution in [3.05, 3.63) is 72.1 Å². The van der Waals surface area contributed by atoms with Gasteiger partial charge < -0.3 is 10.4 Å².